The van der Waals surface area contributed by atoms with Gasteiger partial charge in [0.25, 0.3) is 0 Å². The minimum Gasteiger partial charge on any atom is -0.329 e. The second-order valence-corrected chi connectivity index (χ2v) is 3.79. The first-order valence-electron chi connectivity index (χ1n) is 3.44. The normalized spacial score (nSPS) is 13.4. The fraction of sp³-hybridized carbons (Fsp3) is 0.667. The molecule has 1 aromatic rings. The SMILES string of the molecule is C[C@@H](CN)Sc1nncn1C. The lowest BCUT2D eigenvalue weighted by Crippen LogP contribution is -2.13. The molecule has 0 amide bonds. The Hall–Kier alpha value is -0.550. The minimum absolute atomic E-state index is 0.401. The van der Waals surface area contributed by atoms with Crippen LogP contribution in [0, 0.1) is 0 Å². The highest BCUT2D eigenvalue weighted by Gasteiger charge is 2.05. The van der Waals surface area contributed by atoms with Crippen molar-refractivity contribution in [1.82, 2.24) is 14.8 Å². The van der Waals surface area contributed by atoms with E-state index in [1.54, 1.807) is 18.1 Å². The molecule has 0 spiro atoms. The first-order chi connectivity index (χ1) is 5.24. The lowest BCUT2D eigenvalue weighted by atomic mass is 10.5. The van der Waals surface area contributed by atoms with Gasteiger partial charge in [0.05, 0.1) is 0 Å². The molecule has 5 heteroatoms. The number of nitrogens with zero attached hydrogens (tertiary/aromatic N) is 3. The molecule has 0 radical (unpaired) electrons. The Kier molecular flexibility index (Phi) is 2.90. The third kappa shape index (κ3) is 2.20. The summed E-state index contributed by atoms with van der Waals surface area (Å²) in [7, 11) is 1.92. The first kappa shape index (κ1) is 8.55. The van der Waals surface area contributed by atoms with E-state index in [2.05, 4.69) is 17.1 Å². The molecule has 1 aromatic heterocycles. The van der Waals surface area contributed by atoms with E-state index in [-0.39, 0.29) is 0 Å². The maximum Gasteiger partial charge on any atom is 0.191 e. The Bertz CT molecular complexity index is 222. The van der Waals surface area contributed by atoms with Gasteiger partial charge in [-0.3, -0.25) is 0 Å². The third-order valence-electron chi connectivity index (χ3n) is 1.31. The number of aromatic nitrogens is 3. The first-order valence-corrected chi connectivity index (χ1v) is 4.32. The van der Waals surface area contributed by atoms with Gasteiger partial charge in [-0.25, -0.2) is 0 Å². The maximum absolute atomic E-state index is 5.46. The Morgan fingerprint density at radius 2 is 2.55 bits per heavy atom. The van der Waals surface area contributed by atoms with Crippen LogP contribution in [0.5, 0.6) is 0 Å². The summed E-state index contributed by atoms with van der Waals surface area (Å²) in [5, 5.41) is 9.00. The molecule has 62 valence electrons. The molecule has 0 aliphatic heterocycles. The van der Waals surface area contributed by atoms with Gasteiger partial charge in [0.1, 0.15) is 6.33 Å². The predicted molar refractivity (Wildman–Crippen MR) is 45.4 cm³/mol. The van der Waals surface area contributed by atoms with Gasteiger partial charge < -0.3 is 10.3 Å². The number of hydrogen-bond donors (Lipinski definition) is 1. The highest BCUT2D eigenvalue weighted by atomic mass is 32.2. The van der Waals surface area contributed by atoms with Crippen molar-refractivity contribution in [3.63, 3.8) is 0 Å². The molecule has 2 N–H and O–H groups in total. The topological polar surface area (TPSA) is 56.7 Å². The van der Waals surface area contributed by atoms with E-state index in [1.165, 1.54) is 0 Å². The molecule has 11 heavy (non-hydrogen) atoms. The van der Waals surface area contributed by atoms with Crippen LogP contribution in [0.3, 0.4) is 0 Å². The largest absolute Gasteiger partial charge is 0.329 e. The summed E-state index contributed by atoms with van der Waals surface area (Å²) in [6.07, 6.45) is 1.69. The molecular weight excluding hydrogens is 160 g/mol. The van der Waals surface area contributed by atoms with Gasteiger partial charge in [-0.1, -0.05) is 18.7 Å². The van der Waals surface area contributed by atoms with Crippen molar-refractivity contribution in [1.29, 1.82) is 0 Å². The molecule has 1 rings (SSSR count). The van der Waals surface area contributed by atoms with E-state index >= 15 is 0 Å². The van der Waals surface area contributed by atoms with Crippen LogP contribution in [0.25, 0.3) is 0 Å². The van der Waals surface area contributed by atoms with Crippen molar-refractivity contribution in [3.8, 4) is 0 Å². The van der Waals surface area contributed by atoms with E-state index in [9.17, 15) is 0 Å². The number of thioether (sulfide) groups is 1. The van der Waals surface area contributed by atoms with Crippen LogP contribution in [0.4, 0.5) is 0 Å². The Morgan fingerprint density at radius 1 is 1.82 bits per heavy atom. The Labute approximate surface area is 70.2 Å². The molecule has 4 nitrogen and oxygen atoms in total. The van der Waals surface area contributed by atoms with Crippen LogP contribution in [0.2, 0.25) is 0 Å². The summed E-state index contributed by atoms with van der Waals surface area (Å²) >= 11 is 1.64. The number of nitrogens with two attached hydrogens (primary N) is 1. The molecule has 0 bridgehead atoms. The number of rotatable bonds is 3. The molecule has 1 heterocycles. The summed E-state index contributed by atoms with van der Waals surface area (Å²) in [5.41, 5.74) is 5.46. The van der Waals surface area contributed by atoms with Crippen LogP contribution >= 0.6 is 11.8 Å². The molecule has 0 aliphatic carbocycles. The smallest absolute Gasteiger partial charge is 0.191 e. The number of aryl methyl sites for hydroxylation is 1. The molecule has 0 saturated carbocycles. The zero-order valence-electron chi connectivity index (χ0n) is 6.69. The fourth-order valence-corrected chi connectivity index (χ4v) is 1.37. The lowest BCUT2D eigenvalue weighted by molar-refractivity contribution is 0.782. The summed E-state index contributed by atoms with van der Waals surface area (Å²) < 4.78 is 1.89. The van der Waals surface area contributed by atoms with Crippen LogP contribution in [-0.2, 0) is 7.05 Å². The third-order valence-corrected chi connectivity index (χ3v) is 2.48. The Morgan fingerprint density at radius 3 is 3.00 bits per heavy atom. The standard InChI is InChI=1S/C6H12N4S/c1-5(3-7)11-6-9-8-4-10(6)2/h4-5H,3,7H2,1-2H3/t5-/m0/s1. The maximum atomic E-state index is 5.46. The highest BCUT2D eigenvalue weighted by Crippen LogP contribution is 2.18. The predicted octanol–water partition coefficient (Wildman–Crippen LogP) is 0.254. The summed E-state index contributed by atoms with van der Waals surface area (Å²) in [5.74, 6) is 0. The van der Waals surface area contributed by atoms with E-state index in [1.807, 2.05) is 11.6 Å². The fourth-order valence-electron chi connectivity index (χ4n) is 0.607. The van der Waals surface area contributed by atoms with Crippen LogP contribution in [-0.4, -0.2) is 26.6 Å². The second-order valence-electron chi connectivity index (χ2n) is 2.39. The number of hydrogen-bond acceptors (Lipinski definition) is 4. The Balaban J connectivity index is 2.56. The average molecular weight is 172 g/mol. The zero-order chi connectivity index (χ0) is 8.27. The minimum atomic E-state index is 0.401. The molecular formula is C6H12N4S. The van der Waals surface area contributed by atoms with E-state index in [0.717, 1.165) is 5.16 Å². The van der Waals surface area contributed by atoms with Gasteiger partial charge >= 0.3 is 0 Å². The lowest BCUT2D eigenvalue weighted by Gasteiger charge is -2.05. The van der Waals surface area contributed by atoms with Crippen molar-refractivity contribution >= 4 is 11.8 Å². The van der Waals surface area contributed by atoms with Crippen molar-refractivity contribution in [3.05, 3.63) is 6.33 Å². The summed E-state index contributed by atoms with van der Waals surface area (Å²) in [6, 6.07) is 0. The highest BCUT2D eigenvalue weighted by molar-refractivity contribution is 7.99. The van der Waals surface area contributed by atoms with Crippen molar-refractivity contribution in [2.75, 3.05) is 6.54 Å². The van der Waals surface area contributed by atoms with Gasteiger partial charge in [0.2, 0.25) is 0 Å². The van der Waals surface area contributed by atoms with Crippen molar-refractivity contribution < 1.29 is 0 Å². The van der Waals surface area contributed by atoms with Gasteiger partial charge in [0.15, 0.2) is 5.16 Å². The average Bonchev–Trinajstić information content (AvgIpc) is 2.37. The molecule has 0 aliphatic rings. The molecule has 0 saturated heterocycles. The van der Waals surface area contributed by atoms with Crippen LogP contribution in [0.15, 0.2) is 11.5 Å². The van der Waals surface area contributed by atoms with Gasteiger partial charge in [0, 0.05) is 18.8 Å². The molecule has 0 unspecified atom stereocenters. The van der Waals surface area contributed by atoms with E-state index < -0.39 is 0 Å². The second kappa shape index (κ2) is 3.73. The van der Waals surface area contributed by atoms with E-state index in [0.29, 0.717) is 11.8 Å². The molecule has 0 aromatic carbocycles. The summed E-state index contributed by atoms with van der Waals surface area (Å²) in [4.78, 5) is 0. The monoisotopic (exact) mass is 172 g/mol. The van der Waals surface area contributed by atoms with Gasteiger partial charge in [-0.05, 0) is 0 Å². The molecule has 0 fully saturated rings. The zero-order valence-corrected chi connectivity index (χ0v) is 7.51. The van der Waals surface area contributed by atoms with Crippen LogP contribution < -0.4 is 5.73 Å². The van der Waals surface area contributed by atoms with Gasteiger partial charge in [-0.15, -0.1) is 10.2 Å². The summed E-state index contributed by atoms with van der Waals surface area (Å²) in [6.45, 7) is 2.73. The van der Waals surface area contributed by atoms with Gasteiger partial charge in [-0.2, -0.15) is 0 Å². The van der Waals surface area contributed by atoms with Crippen molar-refractivity contribution in [2.45, 2.75) is 17.3 Å². The van der Waals surface area contributed by atoms with E-state index in [4.69, 9.17) is 5.73 Å². The van der Waals surface area contributed by atoms with Crippen molar-refractivity contribution in [2.24, 2.45) is 12.8 Å². The quantitative estimate of drug-likeness (QED) is 0.664. The van der Waals surface area contributed by atoms with Crippen LogP contribution in [0.1, 0.15) is 6.92 Å². The molecule has 1 atom stereocenters.